The molecule has 0 spiro atoms. The molecule has 44 heavy (non-hydrogen) atoms. The van der Waals surface area contributed by atoms with Crippen LogP contribution in [0.15, 0.2) is 77.4 Å². The van der Waals surface area contributed by atoms with Gasteiger partial charge in [0.15, 0.2) is 17.3 Å². The van der Waals surface area contributed by atoms with E-state index in [1.165, 1.54) is 6.07 Å². The van der Waals surface area contributed by atoms with Gasteiger partial charge in [-0.15, -0.1) is 0 Å². The van der Waals surface area contributed by atoms with Crippen molar-refractivity contribution in [1.29, 1.82) is 0 Å². The molecule has 4 aromatic rings. The van der Waals surface area contributed by atoms with Gasteiger partial charge in [0, 0.05) is 56.6 Å². The first-order valence-corrected chi connectivity index (χ1v) is 15.4. The SMILES string of the molecule is CNC1=CC=CCC1[C@@H]1CCCN1C(=O)c1cn2c3c(c(N4CCC(N)C4)c(F)cc3c1=O)Oc1cc3ccccc3cc1-2. The zero-order chi connectivity index (χ0) is 30.1. The molecule has 3 aromatic carbocycles. The number of carbonyl (C=O) groups is 1. The number of allylic oxidation sites excluding steroid dienone is 3. The van der Waals surface area contributed by atoms with Crippen LogP contribution in [-0.2, 0) is 0 Å². The van der Waals surface area contributed by atoms with Crippen LogP contribution < -0.4 is 26.1 Å². The van der Waals surface area contributed by atoms with Crippen molar-refractivity contribution in [2.45, 2.75) is 37.8 Å². The van der Waals surface area contributed by atoms with Crippen LogP contribution in [0.4, 0.5) is 10.1 Å². The fraction of sp³-hybridized carbons (Fsp3) is 0.314. The highest BCUT2D eigenvalue weighted by molar-refractivity contribution is 6.02. The molecule has 0 bridgehead atoms. The standard InChI is InChI=1S/C35H34FN5O3/c1-38-27-10-5-4-9-23(27)28-11-6-13-40(28)35(43)25-19-41-29-15-20-7-2-3-8-21(20)16-30(29)44-34-31(41)24(33(25)42)17-26(36)32(34)39-14-12-22(37)18-39/h2-5,7-8,10,15-17,19,22-23,28,38H,6,9,11-14,18,37H2,1H3/t22?,23?,28-/m0/s1. The summed E-state index contributed by atoms with van der Waals surface area (Å²) in [7, 11) is 1.90. The van der Waals surface area contributed by atoms with E-state index in [1.807, 2.05) is 63.9 Å². The molecule has 1 aromatic heterocycles. The molecule has 224 valence electrons. The number of rotatable bonds is 4. The summed E-state index contributed by atoms with van der Waals surface area (Å²) >= 11 is 0. The Labute approximate surface area is 254 Å². The fourth-order valence-electron chi connectivity index (χ4n) is 7.63. The number of likely N-dealkylation sites (tertiary alicyclic amines) is 1. The largest absolute Gasteiger partial charge is 0.451 e. The molecule has 3 N–H and O–H groups in total. The first-order chi connectivity index (χ1) is 21.4. The van der Waals surface area contributed by atoms with E-state index in [0.717, 1.165) is 42.2 Å². The summed E-state index contributed by atoms with van der Waals surface area (Å²) in [5.74, 6) is 0.0583. The van der Waals surface area contributed by atoms with E-state index >= 15 is 4.39 Å². The van der Waals surface area contributed by atoms with Gasteiger partial charge >= 0.3 is 0 Å². The lowest BCUT2D eigenvalue weighted by Gasteiger charge is -2.34. The van der Waals surface area contributed by atoms with E-state index in [0.29, 0.717) is 42.3 Å². The molecule has 2 saturated heterocycles. The van der Waals surface area contributed by atoms with Gasteiger partial charge < -0.3 is 30.2 Å². The lowest BCUT2D eigenvalue weighted by Crippen LogP contribution is -2.44. The zero-order valence-electron chi connectivity index (χ0n) is 24.6. The van der Waals surface area contributed by atoms with Gasteiger partial charge in [-0.1, -0.05) is 36.4 Å². The lowest BCUT2D eigenvalue weighted by atomic mass is 9.87. The van der Waals surface area contributed by atoms with Crippen LogP contribution in [-0.4, -0.2) is 54.1 Å². The second-order valence-corrected chi connectivity index (χ2v) is 12.3. The Hall–Kier alpha value is -4.63. The van der Waals surface area contributed by atoms with Crippen LogP contribution in [0.1, 0.15) is 36.0 Å². The van der Waals surface area contributed by atoms with E-state index in [2.05, 4.69) is 17.5 Å². The Kier molecular flexibility index (Phi) is 6.27. The van der Waals surface area contributed by atoms with Crippen molar-refractivity contribution in [2.75, 3.05) is 31.6 Å². The number of aromatic nitrogens is 1. The Balaban J connectivity index is 1.33. The molecule has 1 aliphatic carbocycles. The first kappa shape index (κ1) is 27.0. The number of amides is 1. The van der Waals surface area contributed by atoms with Crippen molar-refractivity contribution in [1.82, 2.24) is 14.8 Å². The Morgan fingerprint density at radius 3 is 2.70 bits per heavy atom. The number of anilines is 1. The number of pyridine rings is 1. The minimum Gasteiger partial charge on any atom is -0.451 e. The molecule has 8 nitrogen and oxygen atoms in total. The van der Waals surface area contributed by atoms with Crippen molar-refractivity contribution < 1.29 is 13.9 Å². The maximum absolute atomic E-state index is 16.1. The van der Waals surface area contributed by atoms with Gasteiger partial charge in [-0.05, 0) is 60.7 Å². The smallest absolute Gasteiger partial charge is 0.259 e. The average molecular weight is 592 g/mol. The monoisotopic (exact) mass is 591 g/mol. The molecule has 1 amide bonds. The summed E-state index contributed by atoms with van der Waals surface area (Å²) in [5.41, 5.74) is 8.29. The van der Waals surface area contributed by atoms with Gasteiger partial charge in [0.1, 0.15) is 16.8 Å². The number of halogens is 1. The number of fused-ring (bicyclic) bond motifs is 3. The third-order valence-corrected chi connectivity index (χ3v) is 9.76. The molecule has 8 rings (SSSR count). The number of nitrogens with one attached hydrogen (secondary N) is 1. The number of benzene rings is 3. The van der Waals surface area contributed by atoms with Crippen LogP contribution in [0.25, 0.3) is 27.4 Å². The highest BCUT2D eigenvalue weighted by atomic mass is 19.1. The number of hydrogen-bond donors (Lipinski definition) is 2. The third kappa shape index (κ3) is 4.06. The number of carbonyl (C=O) groups excluding carboxylic acids is 1. The van der Waals surface area contributed by atoms with Crippen molar-refractivity contribution in [2.24, 2.45) is 11.7 Å². The molecule has 0 saturated carbocycles. The quantitative estimate of drug-likeness (QED) is 0.298. The Morgan fingerprint density at radius 2 is 1.93 bits per heavy atom. The van der Waals surface area contributed by atoms with E-state index in [1.54, 1.807) is 6.20 Å². The first-order valence-electron chi connectivity index (χ1n) is 15.4. The van der Waals surface area contributed by atoms with Crippen LogP contribution in [0.3, 0.4) is 0 Å². The predicted octanol–water partition coefficient (Wildman–Crippen LogP) is 5.21. The molecule has 3 atom stereocenters. The normalized spacial score (nSPS) is 22.3. The van der Waals surface area contributed by atoms with Crippen molar-refractivity contribution in [3.8, 4) is 17.2 Å². The third-order valence-electron chi connectivity index (χ3n) is 9.76. The zero-order valence-corrected chi connectivity index (χ0v) is 24.6. The highest BCUT2D eigenvalue weighted by Crippen LogP contribution is 2.48. The van der Waals surface area contributed by atoms with Gasteiger partial charge in [-0.3, -0.25) is 9.59 Å². The molecule has 2 fully saturated rings. The predicted molar refractivity (Wildman–Crippen MR) is 170 cm³/mol. The van der Waals surface area contributed by atoms with E-state index in [4.69, 9.17) is 10.5 Å². The molecule has 4 aliphatic rings. The summed E-state index contributed by atoms with van der Waals surface area (Å²) in [5, 5.41) is 5.39. The fourth-order valence-corrected chi connectivity index (χ4v) is 7.63. The van der Waals surface area contributed by atoms with Gasteiger partial charge in [-0.2, -0.15) is 0 Å². The minimum absolute atomic E-state index is 0.0352. The summed E-state index contributed by atoms with van der Waals surface area (Å²) in [6.07, 6.45) is 11.1. The van der Waals surface area contributed by atoms with Gasteiger partial charge in [0.25, 0.3) is 5.91 Å². The summed E-state index contributed by atoms with van der Waals surface area (Å²) < 4.78 is 24.5. The topological polar surface area (TPSA) is 92.8 Å². The van der Waals surface area contributed by atoms with Crippen LogP contribution in [0.2, 0.25) is 0 Å². The molecule has 9 heteroatoms. The average Bonchev–Trinajstić information content (AvgIpc) is 3.70. The van der Waals surface area contributed by atoms with Crippen LogP contribution in [0, 0.1) is 11.7 Å². The molecule has 2 unspecified atom stereocenters. The maximum Gasteiger partial charge on any atom is 0.259 e. The van der Waals surface area contributed by atoms with Gasteiger partial charge in [0.05, 0.1) is 11.1 Å². The number of ether oxygens (including phenoxy) is 1. The highest BCUT2D eigenvalue weighted by Gasteiger charge is 2.39. The van der Waals surface area contributed by atoms with E-state index in [9.17, 15) is 9.59 Å². The molecule has 0 radical (unpaired) electrons. The summed E-state index contributed by atoms with van der Waals surface area (Å²) in [4.78, 5) is 32.3. The second-order valence-electron chi connectivity index (χ2n) is 12.3. The van der Waals surface area contributed by atoms with Crippen molar-refractivity contribution >= 4 is 33.3 Å². The van der Waals surface area contributed by atoms with Crippen LogP contribution >= 0.6 is 0 Å². The van der Waals surface area contributed by atoms with Gasteiger partial charge in [0.2, 0.25) is 5.43 Å². The lowest BCUT2D eigenvalue weighted by molar-refractivity contribution is 0.0698. The van der Waals surface area contributed by atoms with Crippen molar-refractivity contribution in [3.63, 3.8) is 0 Å². The molecule has 4 heterocycles. The van der Waals surface area contributed by atoms with E-state index < -0.39 is 11.2 Å². The Morgan fingerprint density at radius 1 is 1.11 bits per heavy atom. The van der Waals surface area contributed by atoms with Crippen molar-refractivity contribution in [3.05, 3.63) is 94.2 Å². The summed E-state index contributed by atoms with van der Waals surface area (Å²) in [6.45, 7) is 1.64. The second kappa shape index (κ2) is 10.2. The molecular formula is C35H34FN5O3. The minimum atomic E-state index is -0.559. The van der Waals surface area contributed by atoms with Gasteiger partial charge in [-0.25, -0.2) is 4.39 Å². The number of nitrogens with zero attached hydrogens (tertiary/aromatic N) is 3. The molecular weight excluding hydrogens is 557 g/mol. The number of nitrogens with two attached hydrogens (primary N) is 1. The Bertz CT molecular complexity index is 1980. The van der Waals surface area contributed by atoms with Crippen LogP contribution in [0.5, 0.6) is 11.5 Å². The number of hydrogen-bond acceptors (Lipinski definition) is 6. The van der Waals surface area contributed by atoms with E-state index in [-0.39, 0.29) is 40.6 Å². The molecule has 3 aliphatic heterocycles. The summed E-state index contributed by atoms with van der Waals surface area (Å²) in [6, 6.07) is 13.0. The maximum atomic E-state index is 16.1.